The lowest BCUT2D eigenvalue weighted by molar-refractivity contribution is -0.166. The van der Waals surface area contributed by atoms with Crippen LogP contribution >= 0.6 is 0 Å². The van der Waals surface area contributed by atoms with Crippen LogP contribution in [0.5, 0.6) is 0 Å². The zero-order valence-corrected chi connectivity index (χ0v) is 42.6. The molecule has 0 saturated heterocycles. The SMILES string of the molecule is CC/C=C\C/C=C\C/C=C\C/C=C\C/C=C\C/C=C\CCC(=O)OCC(COC(=O)CCCCC/C=C\CCCCCCCCC)OC(=O)CC/C=C\C/C=C\C/C=C\C/C=C\C/C=C\CC. The standard InChI is InChI=1S/C61H94O6/c1-4-7-10-13-16-19-22-25-28-30-31-32-34-36-39-42-45-48-51-54-60(63)66-57-58(56-65-59(62)53-50-47-44-41-38-35-27-24-21-18-15-12-9-6-3)67-61(64)55-52-49-46-43-40-37-33-29-26-23-20-17-14-11-8-5-2/h7-8,10-11,16-17,19-20,25-26,28-29,31-32,35-40,45-46,48-49,58H,4-6,9,12-15,18,21-24,27,30,33-34,41-44,47,50-57H2,1-3H3/b10-7-,11-8-,19-16-,20-17-,28-25-,29-26-,32-31-,38-35-,39-36-,40-37-,48-45-,49-46-. The third-order valence-electron chi connectivity index (χ3n) is 10.3. The third kappa shape index (κ3) is 52.1. The molecule has 0 aromatic rings. The molecule has 67 heavy (non-hydrogen) atoms. The lowest BCUT2D eigenvalue weighted by atomic mass is 10.1. The molecule has 0 amide bonds. The highest BCUT2D eigenvalue weighted by Gasteiger charge is 2.19. The molecule has 6 nitrogen and oxygen atoms in total. The van der Waals surface area contributed by atoms with E-state index in [0.717, 1.165) is 103 Å². The molecular weight excluding hydrogens is 829 g/mol. The molecule has 0 aromatic carbocycles. The number of esters is 3. The number of hydrogen-bond donors (Lipinski definition) is 0. The minimum atomic E-state index is -0.860. The van der Waals surface area contributed by atoms with Gasteiger partial charge < -0.3 is 14.2 Å². The molecule has 0 fully saturated rings. The van der Waals surface area contributed by atoms with Gasteiger partial charge in [-0.1, -0.05) is 212 Å². The van der Waals surface area contributed by atoms with E-state index in [1.807, 2.05) is 24.3 Å². The molecule has 1 atom stereocenters. The fourth-order valence-electron chi connectivity index (χ4n) is 6.45. The van der Waals surface area contributed by atoms with Gasteiger partial charge in [0.25, 0.3) is 0 Å². The monoisotopic (exact) mass is 923 g/mol. The van der Waals surface area contributed by atoms with Crippen LogP contribution in [-0.4, -0.2) is 37.2 Å². The van der Waals surface area contributed by atoms with Gasteiger partial charge in [0.05, 0.1) is 0 Å². The highest BCUT2D eigenvalue weighted by molar-refractivity contribution is 5.71. The number of unbranched alkanes of at least 4 members (excludes halogenated alkanes) is 10. The molecule has 1 unspecified atom stereocenters. The molecule has 374 valence electrons. The minimum absolute atomic E-state index is 0.145. The van der Waals surface area contributed by atoms with Gasteiger partial charge in [-0.2, -0.15) is 0 Å². The van der Waals surface area contributed by atoms with Gasteiger partial charge in [0.15, 0.2) is 6.10 Å². The second-order valence-electron chi connectivity index (χ2n) is 16.7. The van der Waals surface area contributed by atoms with E-state index in [0.29, 0.717) is 19.3 Å². The fourth-order valence-corrected chi connectivity index (χ4v) is 6.45. The van der Waals surface area contributed by atoms with E-state index >= 15 is 0 Å². The molecule has 0 aliphatic rings. The molecule has 0 aromatic heterocycles. The van der Waals surface area contributed by atoms with E-state index in [4.69, 9.17) is 14.2 Å². The molecule has 0 bridgehead atoms. The van der Waals surface area contributed by atoms with Crippen LogP contribution in [-0.2, 0) is 28.6 Å². The second kappa shape index (κ2) is 53.9. The quantitative estimate of drug-likeness (QED) is 0.0262. The van der Waals surface area contributed by atoms with Crippen LogP contribution in [0.4, 0.5) is 0 Å². The van der Waals surface area contributed by atoms with Gasteiger partial charge in [-0.05, 0) is 116 Å². The summed E-state index contributed by atoms with van der Waals surface area (Å²) in [5, 5.41) is 0. The minimum Gasteiger partial charge on any atom is -0.462 e. The second-order valence-corrected chi connectivity index (χ2v) is 16.7. The van der Waals surface area contributed by atoms with Crippen molar-refractivity contribution in [2.75, 3.05) is 13.2 Å². The van der Waals surface area contributed by atoms with Crippen molar-refractivity contribution >= 4 is 17.9 Å². The van der Waals surface area contributed by atoms with Crippen molar-refractivity contribution in [1.29, 1.82) is 0 Å². The average Bonchev–Trinajstić information content (AvgIpc) is 3.33. The number of ether oxygens (including phenoxy) is 3. The van der Waals surface area contributed by atoms with Crippen LogP contribution < -0.4 is 0 Å². The summed E-state index contributed by atoms with van der Waals surface area (Å²) in [6, 6.07) is 0. The number of carbonyl (C=O) groups is 3. The highest BCUT2D eigenvalue weighted by Crippen LogP contribution is 2.11. The van der Waals surface area contributed by atoms with Crippen LogP contribution in [0.2, 0.25) is 0 Å². The summed E-state index contributed by atoms with van der Waals surface area (Å²) in [5.74, 6) is -1.14. The van der Waals surface area contributed by atoms with Crippen molar-refractivity contribution in [3.63, 3.8) is 0 Å². The summed E-state index contributed by atoms with van der Waals surface area (Å²) in [6.45, 7) is 6.24. The molecule has 0 N–H and O–H groups in total. The van der Waals surface area contributed by atoms with E-state index in [-0.39, 0.29) is 38.0 Å². The van der Waals surface area contributed by atoms with Crippen molar-refractivity contribution in [3.8, 4) is 0 Å². The highest BCUT2D eigenvalue weighted by atomic mass is 16.6. The van der Waals surface area contributed by atoms with Crippen LogP contribution in [0.15, 0.2) is 146 Å². The Bertz CT molecular complexity index is 1530. The van der Waals surface area contributed by atoms with Crippen molar-refractivity contribution < 1.29 is 28.6 Å². The van der Waals surface area contributed by atoms with Gasteiger partial charge in [0.2, 0.25) is 0 Å². The Hall–Kier alpha value is -4.71. The van der Waals surface area contributed by atoms with Crippen molar-refractivity contribution in [3.05, 3.63) is 146 Å². The predicted octanol–water partition coefficient (Wildman–Crippen LogP) is 17.6. The Morgan fingerprint density at radius 1 is 0.313 bits per heavy atom. The molecule has 0 aliphatic carbocycles. The normalized spacial score (nSPS) is 13.3. The van der Waals surface area contributed by atoms with Crippen molar-refractivity contribution in [1.82, 2.24) is 0 Å². The molecular formula is C61H94O6. The van der Waals surface area contributed by atoms with Crippen molar-refractivity contribution in [2.24, 2.45) is 0 Å². The predicted molar refractivity (Wildman–Crippen MR) is 288 cm³/mol. The molecule has 0 rings (SSSR count). The van der Waals surface area contributed by atoms with Gasteiger partial charge in [-0.25, -0.2) is 0 Å². The lowest BCUT2D eigenvalue weighted by Crippen LogP contribution is -2.30. The molecule has 0 spiro atoms. The van der Waals surface area contributed by atoms with Crippen LogP contribution in [0.25, 0.3) is 0 Å². The number of rotatable bonds is 45. The van der Waals surface area contributed by atoms with E-state index in [2.05, 4.69) is 142 Å². The summed E-state index contributed by atoms with van der Waals surface area (Å²) in [6.07, 6.45) is 77.1. The van der Waals surface area contributed by atoms with Crippen LogP contribution in [0, 0.1) is 0 Å². The third-order valence-corrected chi connectivity index (χ3v) is 10.3. The number of hydrogen-bond acceptors (Lipinski definition) is 6. The van der Waals surface area contributed by atoms with E-state index in [9.17, 15) is 14.4 Å². The summed E-state index contributed by atoms with van der Waals surface area (Å²) >= 11 is 0. The Morgan fingerprint density at radius 2 is 0.612 bits per heavy atom. The van der Waals surface area contributed by atoms with Gasteiger partial charge >= 0.3 is 17.9 Å². The largest absolute Gasteiger partial charge is 0.462 e. The zero-order valence-electron chi connectivity index (χ0n) is 42.6. The summed E-state index contributed by atoms with van der Waals surface area (Å²) in [7, 11) is 0. The van der Waals surface area contributed by atoms with Crippen molar-refractivity contribution in [2.45, 2.75) is 207 Å². The maximum absolute atomic E-state index is 12.8. The Balaban J connectivity index is 4.66. The Morgan fingerprint density at radius 3 is 1.00 bits per heavy atom. The lowest BCUT2D eigenvalue weighted by Gasteiger charge is -2.18. The first-order chi connectivity index (χ1) is 33.0. The average molecular weight is 923 g/mol. The van der Waals surface area contributed by atoms with E-state index in [1.165, 1.54) is 44.9 Å². The number of allylic oxidation sites excluding steroid dienone is 24. The van der Waals surface area contributed by atoms with Gasteiger partial charge in [0, 0.05) is 19.3 Å². The summed E-state index contributed by atoms with van der Waals surface area (Å²) < 4.78 is 16.6. The van der Waals surface area contributed by atoms with Crippen LogP contribution in [0.1, 0.15) is 201 Å². The first kappa shape index (κ1) is 62.3. The summed E-state index contributed by atoms with van der Waals surface area (Å²) in [5.41, 5.74) is 0. The van der Waals surface area contributed by atoms with E-state index in [1.54, 1.807) is 0 Å². The smallest absolute Gasteiger partial charge is 0.306 e. The number of carbonyl (C=O) groups excluding carboxylic acids is 3. The molecule has 0 aliphatic heterocycles. The molecule has 6 heteroatoms. The maximum atomic E-state index is 12.8. The maximum Gasteiger partial charge on any atom is 0.306 e. The van der Waals surface area contributed by atoms with E-state index < -0.39 is 12.1 Å². The zero-order chi connectivity index (χ0) is 48.6. The topological polar surface area (TPSA) is 78.9 Å². The summed E-state index contributed by atoms with van der Waals surface area (Å²) in [4.78, 5) is 38.0. The first-order valence-corrected chi connectivity index (χ1v) is 26.3. The fraction of sp³-hybridized carbons (Fsp3) is 0.557. The van der Waals surface area contributed by atoms with Gasteiger partial charge in [0.1, 0.15) is 13.2 Å². The van der Waals surface area contributed by atoms with Gasteiger partial charge in [-0.3, -0.25) is 14.4 Å². The van der Waals surface area contributed by atoms with Crippen LogP contribution in [0.3, 0.4) is 0 Å². The Labute approximate surface area is 410 Å². The molecule has 0 saturated carbocycles. The molecule has 0 heterocycles. The van der Waals surface area contributed by atoms with Gasteiger partial charge in [-0.15, -0.1) is 0 Å². The molecule has 0 radical (unpaired) electrons. The first-order valence-electron chi connectivity index (χ1n) is 26.3. The Kier molecular flexibility index (Phi) is 50.1.